The van der Waals surface area contributed by atoms with E-state index in [0.29, 0.717) is 11.3 Å². The van der Waals surface area contributed by atoms with Crippen molar-refractivity contribution < 1.29 is 14.6 Å². The molecular formula is C18H20N2O3. The second-order valence-corrected chi connectivity index (χ2v) is 5.37. The van der Waals surface area contributed by atoms with Crippen LogP contribution in [0.2, 0.25) is 0 Å². The van der Waals surface area contributed by atoms with Gasteiger partial charge in [0.2, 0.25) is 0 Å². The van der Waals surface area contributed by atoms with Crippen molar-refractivity contribution in [2.24, 2.45) is 4.99 Å². The molecule has 5 nitrogen and oxygen atoms in total. The Labute approximate surface area is 135 Å². The molecule has 2 aromatic rings. The summed E-state index contributed by atoms with van der Waals surface area (Å²) in [6.45, 7) is 5.75. The summed E-state index contributed by atoms with van der Waals surface area (Å²) in [5.41, 5.74) is 4.26. The molecule has 2 rings (SSSR count). The molecule has 0 aliphatic carbocycles. The predicted octanol–water partition coefficient (Wildman–Crippen LogP) is 3.79. The SMILES string of the molecule is CNC(=O)Oc1cc(C)c(N=Cc2cc(C)ccc2O)c(C)c1. The molecule has 23 heavy (non-hydrogen) atoms. The van der Waals surface area contributed by atoms with Crippen molar-refractivity contribution in [3.8, 4) is 11.5 Å². The average Bonchev–Trinajstić information content (AvgIpc) is 2.49. The lowest BCUT2D eigenvalue weighted by molar-refractivity contribution is 0.203. The Balaban J connectivity index is 2.31. The molecule has 1 amide bonds. The first-order valence-corrected chi connectivity index (χ1v) is 7.25. The maximum absolute atomic E-state index is 11.3. The molecule has 0 aromatic heterocycles. The fraction of sp³-hybridized carbons (Fsp3) is 0.222. The molecule has 5 heteroatoms. The summed E-state index contributed by atoms with van der Waals surface area (Å²) < 4.78 is 5.14. The topological polar surface area (TPSA) is 70.9 Å². The van der Waals surface area contributed by atoms with Gasteiger partial charge in [0, 0.05) is 18.8 Å². The van der Waals surface area contributed by atoms with E-state index in [0.717, 1.165) is 22.4 Å². The van der Waals surface area contributed by atoms with Crippen LogP contribution in [0.4, 0.5) is 10.5 Å². The number of aliphatic imine (C=N–C) groups is 1. The minimum atomic E-state index is -0.510. The van der Waals surface area contributed by atoms with Gasteiger partial charge >= 0.3 is 6.09 Å². The van der Waals surface area contributed by atoms with Crippen LogP contribution in [0.5, 0.6) is 11.5 Å². The van der Waals surface area contributed by atoms with Crippen molar-refractivity contribution in [2.75, 3.05) is 7.05 Å². The third kappa shape index (κ3) is 4.10. The zero-order valence-electron chi connectivity index (χ0n) is 13.7. The third-order valence-electron chi connectivity index (χ3n) is 3.40. The summed E-state index contributed by atoms with van der Waals surface area (Å²) in [4.78, 5) is 15.8. The van der Waals surface area contributed by atoms with Gasteiger partial charge in [0.25, 0.3) is 0 Å². The van der Waals surface area contributed by atoms with E-state index in [1.807, 2.05) is 32.9 Å². The molecule has 0 radical (unpaired) electrons. The highest BCUT2D eigenvalue weighted by molar-refractivity contribution is 5.86. The zero-order chi connectivity index (χ0) is 17.0. The van der Waals surface area contributed by atoms with E-state index in [-0.39, 0.29) is 5.75 Å². The van der Waals surface area contributed by atoms with E-state index in [4.69, 9.17) is 4.74 Å². The first-order valence-electron chi connectivity index (χ1n) is 7.25. The smallest absolute Gasteiger partial charge is 0.412 e. The van der Waals surface area contributed by atoms with Gasteiger partial charge in [0.1, 0.15) is 11.5 Å². The number of aromatic hydroxyl groups is 1. The van der Waals surface area contributed by atoms with Gasteiger partial charge in [-0.05, 0) is 56.2 Å². The lowest BCUT2D eigenvalue weighted by Crippen LogP contribution is -2.22. The van der Waals surface area contributed by atoms with Crippen LogP contribution >= 0.6 is 0 Å². The summed E-state index contributed by atoms with van der Waals surface area (Å²) in [7, 11) is 1.51. The number of amides is 1. The van der Waals surface area contributed by atoms with Crippen LogP contribution < -0.4 is 10.1 Å². The number of nitrogens with one attached hydrogen (secondary N) is 1. The number of rotatable bonds is 3. The summed E-state index contributed by atoms with van der Waals surface area (Å²) in [6.07, 6.45) is 1.13. The largest absolute Gasteiger partial charge is 0.507 e. The first kappa shape index (κ1) is 16.5. The number of phenolic OH excluding ortho intramolecular Hbond substituents is 1. The second-order valence-electron chi connectivity index (χ2n) is 5.37. The fourth-order valence-electron chi connectivity index (χ4n) is 2.25. The normalized spacial score (nSPS) is 10.8. The van der Waals surface area contributed by atoms with Crippen LogP contribution in [0.1, 0.15) is 22.3 Å². The van der Waals surface area contributed by atoms with Gasteiger partial charge in [-0.15, -0.1) is 0 Å². The van der Waals surface area contributed by atoms with Crippen LogP contribution in [0.25, 0.3) is 0 Å². The number of benzene rings is 2. The summed E-state index contributed by atoms with van der Waals surface area (Å²) in [6, 6.07) is 8.87. The monoisotopic (exact) mass is 312 g/mol. The molecule has 0 spiro atoms. The third-order valence-corrected chi connectivity index (χ3v) is 3.40. The van der Waals surface area contributed by atoms with Crippen LogP contribution in [0.15, 0.2) is 35.3 Å². The lowest BCUT2D eigenvalue weighted by atomic mass is 10.1. The van der Waals surface area contributed by atoms with Crippen LogP contribution in [-0.4, -0.2) is 24.5 Å². The number of hydrogen-bond donors (Lipinski definition) is 2. The van der Waals surface area contributed by atoms with E-state index in [1.165, 1.54) is 7.05 Å². The molecule has 2 N–H and O–H groups in total. The number of ether oxygens (including phenoxy) is 1. The van der Waals surface area contributed by atoms with Gasteiger partial charge in [0.05, 0.1) is 5.69 Å². The van der Waals surface area contributed by atoms with Crippen LogP contribution in [0, 0.1) is 20.8 Å². The van der Waals surface area contributed by atoms with E-state index >= 15 is 0 Å². The lowest BCUT2D eigenvalue weighted by Gasteiger charge is -2.09. The summed E-state index contributed by atoms with van der Waals surface area (Å²) in [5.74, 6) is 0.658. The standard InChI is InChI=1S/C18H20N2O3/c1-11-5-6-16(21)14(7-11)10-20-17-12(2)8-15(9-13(17)3)23-18(22)19-4/h5-10,21H,1-4H3,(H,19,22). The van der Waals surface area contributed by atoms with Gasteiger partial charge in [-0.1, -0.05) is 11.6 Å². The fourth-order valence-corrected chi connectivity index (χ4v) is 2.25. The molecular weight excluding hydrogens is 292 g/mol. The minimum Gasteiger partial charge on any atom is -0.507 e. The molecule has 0 unspecified atom stereocenters. The molecule has 0 bridgehead atoms. The first-order chi connectivity index (χ1) is 10.9. The number of phenols is 1. The molecule has 0 aliphatic rings. The van der Waals surface area contributed by atoms with Gasteiger partial charge in [-0.2, -0.15) is 0 Å². The van der Waals surface area contributed by atoms with Crippen molar-refractivity contribution in [3.63, 3.8) is 0 Å². The number of hydrogen-bond acceptors (Lipinski definition) is 4. The molecule has 0 atom stereocenters. The molecule has 0 saturated carbocycles. The van der Waals surface area contributed by atoms with Crippen molar-refractivity contribution in [1.29, 1.82) is 0 Å². The highest BCUT2D eigenvalue weighted by Gasteiger charge is 2.08. The van der Waals surface area contributed by atoms with E-state index < -0.39 is 6.09 Å². The Kier molecular flexibility index (Phi) is 5.01. The maximum Gasteiger partial charge on any atom is 0.412 e. The van der Waals surface area contributed by atoms with Crippen LogP contribution in [-0.2, 0) is 0 Å². The molecule has 0 fully saturated rings. The van der Waals surface area contributed by atoms with Crippen molar-refractivity contribution >= 4 is 18.0 Å². The Bertz CT molecular complexity index is 744. The van der Waals surface area contributed by atoms with Gasteiger partial charge in [0.15, 0.2) is 0 Å². The van der Waals surface area contributed by atoms with Crippen LogP contribution in [0.3, 0.4) is 0 Å². The zero-order valence-corrected chi connectivity index (χ0v) is 13.7. The highest BCUT2D eigenvalue weighted by atomic mass is 16.5. The van der Waals surface area contributed by atoms with Gasteiger partial charge in [-0.3, -0.25) is 4.99 Å². The van der Waals surface area contributed by atoms with E-state index in [9.17, 15) is 9.90 Å². The van der Waals surface area contributed by atoms with Crippen molar-refractivity contribution in [2.45, 2.75) is 20.8 Å². The predicted molar refractivity (Wildman–Crippen MR) is 91.1 cm³/mol. The summed E-state index contributed by atoms with van der Waals surface area (Å²) >= 11 is 0. The quantitative estimate of drug-likeness (QED) is 0.847. The molecule has 2 aromatic carbocycles. The van der Waals surface area contributed by atoms with Crippen molar-refractivity contribution in [1.82, 2.24) is 5.32 Å². The second kappa shape index (κ2) is 6.96. The molecule has 120 valence electrons. The number of carbonyl (C=O) groups excluding carboxylic acids is 1. The molecule has 0 heterocycles. The average molecular weight is 312 g/mol. The minimum absolute atomic E-state index is 0.189. The number of aryl methyl sites for hydroxylation is 3. The maximum atomic E-state index is 11.3. The Morgan fingerprint density at radius 2 is 1.83 bits per heavy atom. The Morgan fingerprint density at radius 3 is 2.43 bits per heavy atom. The van der Waals surface area contributed by atoms with E-state index in [1.54, 1.807) is 24.4 Å². The van der Waals surface area contributed by atoms with E-state index in [2.05, 4.69) is 10.3 Å². The Hall–Kier alpha value is -2.82. The molecule has 0 aliphatic heterocycles. The molecule has 0 saturated heterocycles. The van der Waals surface area contributed by atoms with Crippen molar-refractivity contribution in [3.05, 3.63) is 52.6 Å². The number of nitrogens with zero attached hydrogens (tertiary/aromatic N) is 1. The van der Waals surface area contributed by atoms with Gasteiger partial charge < -0.3 is 15.2 Å². The summed E-state index contributed by atoms with van der Waals surface area (Å²) in [5, 5.41) is 12.3. The highest BCUT2D eigenvalue weighted by Crippen LogP contribution is 2.29. The Morgan fingerprint density at radius 1 is 1.17 bits per heavy atom. The van der Waals surface area contributed by atoms with Gasteiger partial charge in [-0.25, -0.2) is 4.79 Å². The number of carbonyl (C=O) groups is 1.